The Bertz CT molecular complexity index is 321. The van der Waals surface area contributed by atoms with Crippen molar-refractivity contribution >= 4 is 10.2 Å². The van der Waals surface area contributed by atoms with Crippen LogP contribution in [0.4, 0.5) is 0 Å². The molecule has 0 heterocycles. The molecule has 0 aromatic heterocycles. The van der Waals surface area contributed by atoms with Crippen LogP contribution in [0.25, 0.3) is 0 Å². The van der Waals surface area contributed by atoms with Crippen molar-refractivity contribution in [3.8, 4) is 0 Å². The minimum Gasteiger partial charge on any atom is -0.314 e. The molecule has 16 heavy (non-hydrogen) atoms. The number of nitrogens with zero attached hydrogens (tertiary/aromatic N) is 1. The molecular formula is C7H17N3O5S. The van der Waals surface area contributed by atoms with Crippen LogP contribution in [0.15, 0.2) is 0 Å². The topological polar surface area (TPSA) is 111 Å². The van der Waals surface area contributed by atoms with Gasteiger partial charge in [0.2, 0.25) is 0 Å². The van der Waals surface area contributed by atoms with Gasteiger partial charge in [-0.1, -0.05) is 0 Å². The summed E-state index contributed by atoms with van der Waals surface area (Å²) in [5.41, 5.74) is -0.566. The summed E-state index contributed by atoms with van der Waals surface area (Å²) in [6.07, 6.45) is 0.228. The van der Waals surface area contributed by atoms with Crippen LogP contribution in [0, 0.1) is 10.1 Å². The molecule has 2 N–H and O–H groups in total. The minimum absolute atomic E-state index is 0.0826. The maximum Gasteiger partial charge on any atom is 0.294 e. The summed E-state index contributed by atoms with van der Waals surface area (Å²) in [6.45, 7) is 5.08. The van der Waals surface area contributed by atoms with Crippen molar-refractivity contribution in [2.45, 2.75) is 32.7 Å². The van der Waals surface area contributed by atoms with Gasteiger partial charge in [0.25, 0.3) is 15.3 Å². The number of rotatable bonds is 7. The van der Waals surface area contributed by atoms with Crippen molar-refractivity contribution in [1.82, 2.24) is 9.44 Å². The number of nitrogens with one attached hydrogen (secondary N) is 2. The Labute approximate surface area is 94.6 Å². The highest BCUT2D eigenvalue weighted by Gasteiger charge is 2.18. The molecule has 0 unspecified atom stereocenters. The third-order valence-electron chi connectivity index (χ3n) is 1.25. The fraction of sp³-hybridized carbons (Fsp3) is 1.00. The summed E-state index contributed by atoms with van der Waals surface area (Å²) in [5, 5.41) is 8.86. The van der Waals surface area contributed by atoms with Crippen molar-refractivity contribution in [1.29, 1.82) is 0 Å². The first-order valence-corrected chi connectivity index (χ1v) is 6.16. The van der Waals surface area contributed by atoms with E-state index in [-0.39, 0.29) is 19.6 Å². The molecule has 0 saturated carbocycles. The minimum atomic E-state index is -3.57. The third-order valence-corrected chi connectivity index (χ3v) is 2.72. The monoisotopic (exact) mass is 255 g/mol. The van der Waals surface area contributed by atoms with E-state index >= 15 is 0 Å². The van der Waals surface area contributed by atoms with Gasteiger partial charge in [-0.3, -0.25) is 0 Å². The molecule has 0 atom stereocenters. The third kappa shape index (κ3) is 9.62. The van der Waals surface area contributed by atoms with E-state index in [1.165, 1.54) is 0 Å². The molecule has 0 aliphatic rings. The summed E-state index contributed by atoms with van der Waals surface area (Å²) in [6, 6.07) is 0. The van der Waals surface area contributed by atoms with Crippen LogP contribution in [-0.4, -0.2) is 32.2 Å². The average Bonchev–Trinajstić information content (AvgIpc) is 1.97. The van der Waals surface area contributed by atoms with Crippen molar-refractivity contribution in [2.24, 2.45) is 0 Å². The Balaban J connectivity index is 3.80. The summed E-state index contributed by atoms with van der Waals surface area (Å²) in [5.74, 6) is 0. The molecule has 0 aliphatic heterocycles. The second kappa shape index (κ2) is 5.97. The normalized spacial score (nSPS) is 12.4. The molecule has 0 aliphatic carbocycles. The van der Waals surface area contributed by atoms with Gasteiger partial charge in [0.05, 0.1) is 6.61 Å². The van der Waals surface area contributed by atoms with E-state index in [0.717, 1.165) is 0 Å². The van der Waals surface area contributed by atoms with E-state index in [4.69, 9.17) is 0 Å². The zero-order valence-corrected chi connectivity index (χ0v) is 10.3. The Hall–Kier alpha value is -0.930. The van der Waals surface area contributed by atoms with Crippen LogP contribution in [0.1, 0.15) is 27.2 Å². The second-order valence-electron chi connectivity index (χ2n) is 4.16. The lowest BCUT2D eigenvalue weighted by atomic mass is 10.1. The summed E-state index contributed by atoms with van der Waals surface area (Å²) in [7, 11) is -3.57. The van der Waals surface area contributed by atoms with E-state index in [1.807, 2.05) is 0 Å². The zero-order valence-electron chi connectivity index (χ0n) is 9.52. The van der Waals surface area contributed by atoms with E-state index in [0.29, 0.717) is 0 Å². The number of hydrogen-bond acceptors (Lipinski definition) is 5. The Morgan fingerprint density at radius 1 is 1.38 bits per heavy atom. The van der Waals surface area contributed by atoms with E-state index < -0.39 is 20.8 Å². The highest BCUT2D eigenvalue weighted by molar-refractivity contribution is 7.87. The van der Waals surface area contributed by atoms with Gasteiger partial charge in [-0.2, -0.15) is 13.1 Å². The lowest BCUT2D eigenvalue weighted by molar-refractivity contribution is -0.757. The standard InChI is InChI=1S/C7H17N3O5S/c1-7(2,3)9-16(13,14)8-5-4-6-15-10(11)12/h8-9H,4-6H2,1-3H3. The Morgan fingerprint density at radius 3 is 2.38 bits per heavy atom. The molecule has 8 nitrogen and oxygen atoms in total. The maximum atomic E-state index is 11.3. The van der Waals surface area contributed by atoms with E-state index in [1.54, 1.807) is 20.8 Å². The van der Waals surface area contributed by atoms with Crippen molar-refractivity contribution in [2.75, 3.05) is 13.2 Å². The molecule has 0 amide bonds. The molecule has 0 saturated heterocycles. The van der Waals surface area contributed by atoms with Gasteiger partial charge in [0, 0.05) is 12.1 Å². The SMILES string of the molecule is CC(C)(C)NS(=O)(=O)NCCCO[N+](=O)[O-]. The predicted molar refractivity (Wildman–Crippen MR) is 57.4 cm³/mol. The van der Waals surface area contributed by atoms with Crippen LogP contribution in [-0.2, 0) is 15.0 Å². The highest BCUT2D eigenvalue weighted by Crippen LogP contribution is 2.00. The van der Waals surface area contributed by atoms with Gasteiger partial charge in [-0.05, 0) is 27.2 Å². The molecule has 96 valence electrons. The largest absolute Gasteiger partial charge is 0.314 e. The smallest absolute Gasteiger partial charge is 0.294 e. The molecule has 0 radical (unpaired) electrons. The Morgan fingerprint density at radius 2 is 1.94 bits per heavy atom. The van der Waals surface area contributed by atoms with Gasteiger partial charge in [-0.15, -0.1) is 10.1 Å². The lowest BCUT2D eigenvalue weighted by Crippen LogP contribution is -2.47. The zero-order chi connectivity index (χ0) is 12.8. The first-order chi connectivity index (χ1) is 7.12. The van der Waals surface area contributed by atoms with Crippen LogP contribution < -0.4 is 9.44 Å². The fourth-order valence-electron chi connectivity index (χ4n) is 0.857. The molecule has 0 aromatic rings. The van der Waals surface area contributed by atoms with Gasteiger partial charge >= 0.3 is 0 Å². The predicted octanol–water partition coefficient (Wildman–Crippen LogP) is -0.193. The fourth-order valence-corrected chi connectivity index (χ4v) is 2.15. The highest BCUT2D eigenvalue weighted by atomic mass is 32.2. The molecule has 0 spiro atoms. The van der Waals surface area contributed by atoms with Crippen LogP contribution >= 0.6 is 0 Å². The van der Waals surface area contributed by atoms with Crippen molar-refractivity contribution in [3.05, 3.63) is 10.1 Å². The summed E-state index contributed by atoms with van der Waals surface area (Å²) < 4.78 is 27.3. The van der Waals surface area contributed by atoms with Crippen molar-refractivity contribution in [3.63, 3.8) is 0 Å². The molecule has 0 fully saturated rings. The maximum absolute atomic E-state index is 11.3. The van der Waals surface area contributed by atoms with E-state index in [2.05, 4.69) is 14.3 Å². The molecule has 0 rings (SSSR count). The molecule has 0 aromatic carbocycles. The van der Waals surface area contributed by atoms with E-state index in [9.17, 15) is 18.5 Å². The van der Waals surface area contributed by atoms with Crippen LogP contribution in [0.3, 0.4) is 0 Å². The molecular weight excluding hydrogens is 238 g/mol. The average molecular weight is 255 g/mol. The Kier molecular flexibility index (Phi) is 5.62. The first kappa shape index (κ1) is 15.1. The van der Waals surface area contributed by atoms with Gasteiger partial charge < -0.3 is 4.84 Å². The van der Waals surface area contributed by atoms with Crippen molar-refractivity contribution < 1.29 is 18.3 Å². The molecule has 0 bridgehead atoms. The summed E-state index contributed by atoms with van der Waals surface area (Å²) >= 11 is 0. The first-order valence-electron chi connectivity index (χ1n) is 4.68. The summed E-state index contributed by atoms with van der Waals surface area (Å²) in [4.78, 5) is 13.8. The lowest BCUT2D eigenvalue weighted by Gasteiger charge is -2.20. The van der Waals surface area contributed by atoms with Gasteiger partial charge in [-0.25, -0.2) is 4.72 Å². The van der Waals surface area contributed by atoms with Gasteiger partial charge in [0.15, 0.2) is 0 Å². The van der Waals surface area contributed by atoms with Gasteiger partial charge in [0.1, 0.15) is 0 Å². The second-order valence-corrected chi connectivity index (χ2v) is 5.66. The molecule has 9 heteroatoms. The van der Waals surface area contributed by atoms with Crippen LogP contribution in [0.5, 0.6) is 0 Å². The van der Waals surface area contributed by atoms with Crippen LogP contribution in [0.2, 0.25) is 0 Å². The quantitative estimate of drug-likeness (QED) is 0.372. The number of hydrogen-bond donors (Lipinski definition) is 2.